The van der Waals surface area contributed by atoms with E-state index in [1.807, 2.05) is 36.4 Å². The van der Waals surface area contributed by atoms with Crippen LogP contribution in [-0.4, -0.2) is 40.2 Å². The third kappa shape index (κ3) is 6.86. The first-order valence-corrected chi connectivity index (χ1v) is 12.1. The smallest absolute Gasteiger partial charge is 0.316 e. The standard InChI is InChI=1S/C21H21N3O3S3/c1-2-27-18(26)14-29-21-24-23-20(30-21)22-17(25)13-28-19(15-9-5-3-6-10-15)16-11-7-4-8-12-16/h3-12,19H,2,13-14H2,1H3,(H,22,23,25). The first-order valence-electron chi connectivity index (χ1n) is 9.29. The van der Waals surface area contributed by atoms with Crippen molar-refractivity contribution >= 4 is 51.9 Å². The van der Waals surface area contributed by atoms with Gasteiger partial charge in [0.1, 0.15) is 0 Å². The van der Waals surface area contributed by atoms with Crippen LogP contribution in [0.2, 0.25) is 0 Å². The molecule has 1 amide bonds. The van der Waals surface area contributed by atoms with E-state index in [0.29, 0.717) is 16.1 Å². The third-order valence-corrected chi connectivity index (χ3v) is 7.11. The van der Waals surface area contributed by atoms with Crippen molar-refractivity contribution in [1.29, 1.82) is 0 Å². The molecule has 0 aliphatic carbocycles. The van der Waals surface area contributed by atoms with Crippen molar-refractivity contribution in [3.05, 3.63) is 71.8 Å². The largest absolute Gasteiger partial charge is 0.465 e. The maximum atomic E-state index is 12.5. The van der Waals surface area contributed by atoms with Crippen molar-refractivity contribution in [3.63, 3.8) is 0 Å². The summed E-state index contributed by atoms with van der Waals surface area (Å²) in [5.41, 5.74) is 2.30. The van der Waals surface area contributed by atoms with Gasteiger partial charge in [-0.15, -0.1) is 22.0 Å². The van der Waals surface area contributed by atoms with Crippen molar-refractivity contribution in [2.45, 2.75) is 16.5 Å². The van der Waals surface area contributed by atoms with E-state index >= 15 is 0 Å². The van der Waals surface area contributed by atoms with Gasteiger partial charge in [0.25, 0.3) is 0 Å². The van der Waals surface area contributed by atoms with Crippen LogP contribution in [0.25, 0.3) is 0 Å². The zero-order valence-corrected chi connectivity index (χ0v) is 18.8. The molecule has 0 atom stereocenters. The van der Waals surface area contributed by atoms with Crippen molar-refractivity contribution in [1.82, 2.24) is 10.2 Å². The Bertz CT molecular complexity index is 912. The molecule has 156 valence electrons. The van der Waals surface area contributed by atoms with Crippen LogP contribution in [0.3, 0.4) is 0 Å². The molecule has 30 heavy (non-hydrogen) atoms. The number of aromatic nitrogens is 2. The molecule has 1 N–H and O–H groups in total. The second-order valence-corrected chi connectivity index (χ2v) is 9.32. The number of carbonyl (C=O) groups excluding carboxylic acids is 2. The number of hydrogen-bond acceptors (Lipinski definition) is 8. The zero-order chi connectivity index (χ0) is 21.2. The Hall–Kier alpha value is -2.36. The highest BCUT2D eigenvalue weighted by atomic mass is 32.2. The summed E-state index contributed by atoms with van der Waals surface area (Å²) in [6.07, 6.45) is 0. The molecule has 0 aliphatic rings. The van der Waals surface area contributed by atoms with E-state index in [1.165, 1.54) is 23.1 Å². The topological polar surface area (TPSA) is 81.2 Å². The number of ether oxygens (including phenoxy) is 1. The van der Waals surface area contributed by atoms with Crippen molar-refractivity contribution in [2.75, 3.05) is 23.4 Å². The predicted molar refractivity (Wildman–Crippen MR) is 123 cm³/mol. The lowest BCUT2D eigenvalue weighted by Crippen LogP contribution is -2.15. The molecule has 0 saturated heterocycles. The molecule has 1 aromatic heterocycles. The Morgan fingerprint density at radius 3 is 2.23 bits per heavy atom. The molecule has 6 nitrogen and oxygen atoms in total. The number of hydrogen-bond donors (Lipinski definition) is 1. The summed E-state index contributed by atoms with van der Waals surface area (Å²) < 4.78 is 5.50. The quantitative estimate of drug-likeness (QED) is 0.268. The lowest BCUT2D eigenvalue weighted by molar-refractivity contribution is -0.139. The Morgan fingerprint density at radius 2 is 1.63 bits per heavy atom. The number of anilines is 1. The summed E-state index contributed by atoms with van der Waals surface area (Å²) in [6, 6.07) is 20.3. The van der Waals surface area contributed by atoms with E-state index in [4.69, 9.17) is 4.74 Å². The highest BCUT2D eigenvalue weighted by Crippen LogP contribution is 2.35. The van der Waals surface area contributed by atoms with E-state index in [2.05, 4.69) is 39.8 Å². The summed E-state index contributed by atoms with van der Waals surface area (Å²) in [5, 5.41) is 11.2. The van der Waals surface area contributed by atoms with Crippen LogP contribution in [0, 0.1) is 0 Å². The number of nitrogens with zero attached hydrogens (tertiary/aromatic N) is 2. The lowest BCUT2D eigenvalue weighted by Gasteiger charge is -2.17. The minimum absolute atomic E-state index is 0.0586. The minimum Gasteiger partial charge on any atom is -0.465 e. The third-order valence-electron chi connectivity index (χ3n) is 3.86. The van der Waals surface area contributed by atoms with Crippen molar-refractivity contribution < 1.29 is 14.3 Å². The first kappa shape index (κ1) is 22.3. The molecule has 0 saturated carbocycles. The Balaban J connectivity index is 1.56. The van der Waals surface area contributed by atoms with E-state index in [0.717, 1.165) is 11.1 Å². The second-order valence-electron chi connectivity index (χ2n) is 6.03. The highest BCUT2D eigenvalue weighted by molar-refractivity contribution is 8.01. The number of thioether (sulfide) groups is 2. The van der Waals surface area contributed by atoms with Crippen LogP contribution < -0.4 is 5.32 Å². The SMILES string of the molecule is CCOC(=O)CSc1nnc(NC(=O)CSC(c2ccccc2)c2ccccc2)s1. The normalized spacial score (nSPS) is 10.7. The molecule has 9 heteroatoms. The van der Waals surface area contributed by atoms with E-state index in [-0.39, 0.29) is 28.6 Å². The number of amides is 1. The van der Waals surface area contributed by atoms with Crippen LogP contribution in [-0.2, 0) is 14.3 Å². The summed E-state index contributed by atoms with van der Waals surface area (Å²) in [6.45, 7) is 2.11. The van der Waals surface area contributed by atoms with Crippen LogP contribution in [0.4, 0.5) is 5.13 Å². The predicted octanol–water partition coefficient (Wildman–Crippen LogP) is 4.65. The maximum absolute atomic E-state index is 12.5. The van der Waals surface area contributed by atoms with Crippen molar-refractivity contribution in [2.24, 2.45) is 0 Å². The highest BCUT2D eigenvalue weighted by Gasteiger charge is 2.17. The van der Waals surface area contributed by atoms with Gasteiger partial charge in [0.15, 0.2) is 4.34 Å². The van der Waals surface area contributed by atoms with E-state index < -0.39 is 0 Å². The molecule has 1 heterocycles. The number of esters is 1. The molecule has 0 bridgehead atoms. The minimum atomic E-state index is -0.299. The second kappa shape index (κ2) is 11.7. The van der Waals surface area contributed by atoms with Gasteiger partial charge < -0.3 is 4.74 Å². The number of benzene rings is 2. The summed E-state index contributed by atoms with van der Waals surface area (Å²) in [4.78, 5) is 23.9. The van der Waals surface area contributed by atoms with Gasteiger partial charge in [-0.1, -0.05) is 83.8 Å². The summed E-state index contributed by atoms with van der Waals surface area (Å²) >= 11 is 4.04. The number of carbonyl (C=O) groups is 2. The van der Waals surface area contributed by atoms with Gasteiger partial charge in [-0.3, -0.25) is 14.9 Å². The molecule has 0 fully saturated rings. The lowest BCUT2D eigenvalue weighted by atomic mass is 10.0. The molecular weight excluding hydrogens is 438 g/mol. The summed E-state index contributed by atoms with van der Waals surface area (Å²) in [7, 11) is 0. The molecule has 2 aromatic carbocycles. The Morgan fingerprint density at radius 1 is 1.00 bits per heavy atom. The molecule has 0 spiro atoms. The monoisotopic (exact) mass is 459 g/mol. The fourth-order valence-corrected chi connectivity index (χ4v) is 5.25. The average Bonchev–Trinajstić information content (AvgIpc) is 3.21. The number of rotatable bonds is 10. The van der Waals surface area contributed by atoms with Crippen LogP contribution >= 0.6 is 34.9 Å². The van der Waals surface area contributed by atoms with Gasteiger partial charge in [0.2, 0.25) is 11.0 Å². The first-order chi connectivity index (χ1) is 14.7. The van der Waals surface area contributed by atoms with E-state index in [1.54, 1.807) is 18.7 Å². The Labute approximate surface area is 187 Å². The molecule has 0 unspecified atom stereocenters. The Kier molecular flexibility index (Phi) is 8.73. The zero-order valence-electron chi connectivity index (χ0n) is 16.3. The molecular formula is C21H21N3O3S3. The van der Waals surface area contributed by atoms with Gasteiger partial charge in [-0.2, -0.15) is 0 Å². The summed E-state index contributed by atoms with van der Waals surface area (Å²) in [5.74, 6) is 0.00375. The van der Waals surface area contributed by atoms with Gasteiger partial charge in [-0.25, -0.2) is 0 Å². The fourth-order valence-electron chi connectivity index (χ4n) is 2.60. The van der Waals surface area contributed by atoms with Gasteiger partial charge in [0.05, 0.1) is 23.4 Å². The number of nitrogens with one attached hydrogen (secondary N) is 1. The van der Waals surface area contributed by atoms with E-state index in [9.17, 15) is 9.59 Å². The van der Waals surface area contributed by atoms with Crippen LogP contribution in [0.5, 0.6) is 0 Å². The maximum Gasteiger partial charge on any atom is 0.316 e. The van der Waals surface area contributed by atoms with Gasteiger partial charge in [-0.05, 0) is 18.1 Å². The average molecular weight is 460 g/mol. The molecule has 0 aliphatic heterocycles. The molecule has 0 radical (unpaired) electrons. The molecule has 3 aromatic rings. The van der Waals surface area contributed by atoms with Gasteiger partial charge in [0, 0.05) is 0 Å². The molecule has 3 rings (SSSR count). The van der Waals surface area contributed by atoms with Gasteiger partial charge >= 0.3 is 5.97 Å². The van der Waals surface area contributed by atoms with Crippen LogP contribution in [0.1, 0.15) is 23.3 Å². The van der Waals surface area contributed by atoms with Crippen molar-refractivity contribution in [3.8, 4) is 0 Å². The van der Waals surface area contributed by atoms with Crippen LogP contribution in [0.15, 0.2) is 65.0 Å². The fraction of sp³-hybridized carbons (Fsp3) is 0.238.